The van der Waals surface area contributed by atoms with Crippen LogP contribution in [0.4, 0.5) is 0 Å². The molecule has 0 aromatic heterocycles. The Bertz CT molecular complexity index is 399. The third-order valence-corrected chi connectivity index (χ3v) is 4.55. The average molecular weight is 312 g/mol. The van der Waals surface area contributed by atoms with Crippen LogP contribution in [0.1, 0.15) is 46.5 Å². The minimum atomic E-state index is -1.07. The van der Waals surface area contributed by atoms with Crippen molar-refractivity contribution in [3.63, 3.8) is 0 Å². The Labute approximate surface area is 132 Å². The average Bonchev–Trinajstić information content (AvgIpc) is 2.53. The number of carboxylic acid groups (broad SMARTS) is 1. The molecule has 1 rings (SSSR count). The van der Waals surface area contributed by atoms with Gasteiger partial charge in [-0.25, -0.2) is 0 Å². The highest BCUT2D eigenvalue weighted by Crippen LogP contribution is 2.23. The molecular formula is C16H28N2O4. The van der Waals surface area contributed by atoms with Crippen LogP contribution in [0.25, 0.3) is 0 Å². The van der Waals surface area contributed by atoms with Crippen molar-refractivity contribution in [2.75, 3.05) is 26.2 Å². The zero-order chi connectivity index (χ0) is 16.7. The molecule has 0 aromatic carbocycles. The quantitative estimate of drug-likeness (QED) is 0.724. The first-order valence-electron chi connectivity index (χ1n) is 8.20. The molecule has 0 spiro atoms. The number of hydrogen-bond acceptors (Lipinski definition) is 3. The van der Waals surface area contributed by atoms with Crippen molar-refractivity contribution < 1.29 is 19.5 Å². The molecule has 1 unspecified atom stereocenters. The maximum atomic E-state index is 12.0. The van der Waals surface area contributed by atoms with E-state index in [1.807, 2.05) is 18.7 Å². The van der Waals surface area contributed by atoms with Gasteiger partial charge in [-0.15, -0.1) is 0 Å². The number of aliphatic carboxylic acids is 1. The lowest BCUT2D eigenvalue weighted by Crippen LogP contribution is -2.43. The first kappa shape index (κ1) is 18.5. The van der Waals surface area contributed by atoms with Gasteiger partial charge in [-0.1, -0.05) is 0 Å². The van der Waals surface area contributed by atoms with E-state index >= 15 is 0 Å². The summed E-state index contributed by atoms with van der Waals surface area (Å²) in [6.07, 6.45) is 3.12. The van der Waals surface area contributed by atoms with Crippen molar-refractivity contribution in [2.45, 2.75) is 46.5 Å². The van der Waals surface area contributed by atoms with E-state index in [0.717, 1.165) is 32.4 Å². The summed E-state index contributed by atoms with van der Waals surface area (Å²) in [6.45, 7) is 8.08. The molecule has 1 aliphatic rings. The van der Waals surface area contributed by atoms with E-state index in [2.05, 4.69) is 0 Å². The molecule has 0 radical (unpaired) electrons. The maximum absolute atomic E-state index is 12.0. The first-order chi connectivity index (χ1) is 10.4. The van der Waals surface area contributed by atoms with Gasteiger partial charge in [0.15, 0.2) is 0 Å². The van der Waals surface area contributed by atoms with E-state index in [4.69, 9.17) is 5.11 Å². The summed E-state index contributed by atoms with van der Waals surface area (Å²) in [7, 11) is 0. The van der Waals surface area contributed by atoms with Crippen molar-refractivity contribution in [3.05, 3.63) is 0 Å². The van der Waals surface area contributed by atoms with Crippen LogP contribution < -0.4 is 0 Å². The molecule has 0 bridgehead atoms. The van der Waals surface area contributed by atoms with Gasteiger partial charge < -0.3 is 14.9 Å². The number of likely N-dealkylation sites (tertiary alicyclic amines) is 1. The molecule has 22 heavy (non-hydrogen) atoms. The molecule has 1 saturated heterocycles. The van der Waals surface area contributed by atoms with E-state index in [1.54, 1.807) is 4.90 Å². The van der Waals surface area contributed by atoms with Gasteiger partial charge in [0, 0.05) is 32.6 Å². The van der Waals surface area contributed by atoms with E-state index in [-0.39, 0.29) is 11.8 Å². The molecule has 126 valence electrons. The van der Waals surface area contributed by atoms with Crippen molar-refractivity contribution in [2.24, 2.45) is 11.8 Å². The summed E-state index contributed by atoms with van der Waals surface area (Å²) >= 11 is 0. The van der Waals surface area contributed by atoms with Crippen LogP contribution in [0.5, 0.6) is 0 Å². The van der Waals surface area contributed by atoms with Gasteiger partial charge >= 0.3 is 5.97 Å². The summed E-state index contributed by atoms with van der Waals surface area (Å²) in [5.74, 6) is -1.70. The van der Waals surface area contributed by atoms with Crippen LogP contribution in [-0.4, -0.2) is 58.9 Å². The second-order valence-corrected chi connectivity index (χ2v) is 5.93. The molecule has 6 heteroatoms. The Hall–Kier alpha value is -1.59. The first-order valence-corrected chi connectivity index (χ1v) is 8.20. The Morgan fingerprint density at radius 2 is 1.73 bits per heavy atom. The minimum absolute atomic E-state index is 0.197. The fraction of sp³-hybridized carbons (Fsp3) is 0.812. The van der Waals surface area contributed by atoms with E-state index in [9.17, 15) is 14.4 Å². The fourth-order valence-corrected chi connectivity index (χ4v) is 2.88. The largest absolute Gasteiger partial charge is 0.481 e. The molecular weight excluding hydrogens is 284 g/mol. The van der Waals surface area contributed by atoms with Crippen molar-refractivity contribution in [1.29, 1.82) is 0 Å². The SMILES string of the molecule is CCN(CC)C(=O)CCC1CCN(C(=O)C(C)C(=O)O)CC1. The van der Waals surface area contributed by atoms with Gasteiger partial charge in [0.05, 0.1) is 0 Å². The number of hydrogen-bond donors (Lipinski definition) is 1. The Morgan fingerprint density at radius 1 is 1.18 bits per heavy atom. The Balaban J connectivity index is 2.35. The smallest absolute Gasteiger partial charge is 0.315 e. The molecule has 2 amide bonds. The number of nitrogens with zero attached hydrogens (tertiary/aromatic N) is 2. The number of carbonyl (C=O) groups is 3. The highest BCUT2D eigenvalue weighted by molar-refractivity contribution is 5.96. The third kappa shape index (κ3) is 5.00. The lowest BCUT2D eigenvalue weighted by Gasteiger charge is -2.33. The van der Waals surface area contributed by atoms with E-state index < -0.39 is 11.9 Å². The van der Waals surface area contributed by atoms with Crippen LogP contribution >= 0.6 is 0 Å². The van der Waals surface area contributed by atoms with Crippen LogP contribution in [0.15, 0.2) is 0 Å². The van der Waals surface area contributed by atoms with Gasteiger partial charge in [-0.05, 0) is 46.0 Å². The summed E-state index contributed by atoms with van der Waals surface area (Å²) in [5.41, 5.74) is 0. The van der Waals surface area contributed by atoms with Crippen LogP contribution in [0.3, 0.4) is 0 Å². The zero-order valence-corrected chi connectivity index (χ0v) is 13.9. The topological polar surface area (TPSA) is 77.9 Å². The van der Waals surface area contributed by atoms with Gasteiger partial charge in [0.2, 0.25) is 11.8 Å². The maximum Gasteiger partial charge on any atom is 0.315 e. The van der Waals surface area contributed by atoms with Gasteiger partial charge in [-0.2, -0.15) is 0 Å². The highest BCUT2D eigenvalue weighted by Gasteiger charge is 2.29. The normalized spacial score (nSPS) is 17.1. The highest BCUT2D eigenvalue weighted by atomic mass is 16.4. The van der Waals surface area contributed by atoms with Gasteiger partial charge in [0.25, 0.3) is 0 Å². The summed E-state index contributed by atoms with van der Waals surface area (Å²) < 4.78 is 0. The minimum Gasteiger partial charge on any atom is -0.481 e. The van der Waals surface area contributed by atoms with E-state index in [0.29, 0.717) is 25.4 Å². The molecule has 1 aliphatic heterocycles. The molecule has 0 aliphatic carbocycles. The molecule has 1 atom stereocenters. The van der Waals surface area contributed by atoms with Crippen LogP contribution in [0, 0.1) is 11.8 Å². The number of carboxylic acids is 1. The van der Waals surface area contributed by atoms with Crippen molar-refractivity contribution in [1.82, 2.24) is 9.80 Å². The lowest BCUT2D eigenvalue weighted by atomic mass is 9.91. The summed E-state index contributed by atoms with van der Waals surface area (Å²) in [4.78, 5) is 38.3. The second kappa shape index (κ2) is 8.76. The Morgan fingerprint density at radius 3 is 2.18 bits per heavy atom. The predicted molar refractivity (Wildman–Crippen MR) is 83.3 cm³/mol. The van der Waals surface area contributed by atoms with Gasteiger partial charge in [0.1, 0.15) is 5.92 Å². The predicted octanol–water partition coefficient (Wildman–Crippen LogP) is 1.59. The number of piperidine rings is 1. The number of rotatable bonds is 7. The number of carbonyl (C=O) groups excluding carboxylic acids is 2. The summed E-state index contributed by atoms with van der Waals surface area (Å²) in [6, 6.07) is 0. The molecule has 1 fully saturated rings. The fourth-order valence-electron chi connectivity index (χ4n) is 2.88. The molecule has 6 nitrogen and oxygen atoms in total. The monoisotopic (exact) mass is 312 g/mol. The second-order valence-electron chi connectivity index (χ2n) is 5.93. The molecule has 1 heterocycles. The van der Waals surface area contributed by atoms with Crippen LogP contribution in [-0.2, 0) is 14.4 Å². The molecule has 1 N–H and O–H groups in total. The van der Waals surface area contributed by atoms with Crippen LogP contribution in [0.2, 0.25) is 0 Å². The van der Waals surface area contributed by atoms with Crippen molar-refractivity contribution >= 4 is 17.8 Å². The Kier molecular flexibility index (Phi) is 7.35. The number of amides is 2. The van der Waals surface area contributed by atoms with Crippen molar-refractivity contribution in [3.8, 4) is 0 Å². The zero-order valence-electron chi connectivity index (χ0n) is 13.9. The lowest BCUT2D eigenvalue weighted by molar-refractivity contribution is -0.151. The summed E-state index contributed by atoms with van der Waals surface area (Å²) in [5, 5.41) is 8.89. The van der Waals surface area contributed by atoms with E-state index in [1.165, 1.54) is 6.92 Å². The van der Waals surface area contributed by atoms with Gasteiger partial charge in [-0.3, -0.25) is 14.4 Å². The molecule has 0 aromatic rings. The standard InChI is InChI=1S/C16H28N2O4/c1-4-17(5-2)14(19)7-6-13-8-10-18(11-9-13)15(20)12(3)16(21)22/h12-13H,4-11H2,1-3H3,(H,21,22). The molecule has 0 saturated carbocycles. The third-order valence-electron chi connectivity index (χ3n) is 4.55.